The maximum Gasteiger partial charge on any atom is 0.122 e. The topological polar surface area (TPSA) is 33.0 Å². The van der Waals surface area contributed by atoms with Gasteiger partial charge in [0.2, 0.25) is 0 Å². The van der Waals surface area contributed by atoms with E-state index in [1.165, 1.54) is 5.56 Å². The van der Waals surface area contributed by atoms with E-state index in [0.29, 0.717) is 5.92 Å². The first-order chi connectivity index (χ1) is 6.77. The molecule has 72 valence electrons. The van der Waals surface area contributed by atoms with E-state index in [-0.39, 0.29) is 5.92 Å². The number of rotatable bonds is 1. The lowest BCUT2D eigenvalue weighted by atomic mass is 10.0. The molecule has 1 aromatic rings. The van der Waals surface area contributed by atoms with Gasteiger partial charge in [0.25, 0.3) is 0 Å². The van der Waals surface area contributed by atoms with Crippen LogP contribution in [-0.4, -0.2) is 7.11 Å². The van der Waals surface area contributed by atoms with Crippen molar-refractivity contribution >= 4 is 0 Å². The Bertz CT molecular complexity index is 392. The van der Waals surface area contributed by atoms with Gasteiger partial charge in [0.15, 0.2) is 0 Å². The zero-order valence-corrected chi connectivity index (χ0v) is 8.45. The molecule has 0 aliphatic heterocycles. The van der Waals surface area contributed by atoms with Crippen LogP contribution in [0.15, 0.2) is 18.2 Å². The van der Waals surface area contributed by atoms with Gasteiger partial charge in [-0.1, -0.05) is 19.1 Å². The van der Waals surface area contributed by atoms with Crippen molar-refractivity contribution in [3.63, 3.8) is 0 Å². The molecule has 0 saturated carbocycles. The molecule has 2 atom stereocenters. The average molecular weight is 187 g/mol. The summed E-state index contributed by atoms with van der Waals surface area (Å²) in [6.45, 7) is 2.15. The standard InChI is InChI=1S/C12H13NO/c1-8-6-9(7-13)10-4-3-5-11(14-2)12(8)10/h3-5,8-9H,6H2,1-2H3. The number of nitriles is 1. The van der Waals surface area contributed by atoms with Crippen LogP contribution in [0.2, 0.25) is 0 Å². The minimum absolute atomic E-state index is 0.0510. The van der Waals surface area contributed by atoms with Crippen molar-refractivity contribution in [1.29, 1.82) is 5.26 Å². The predicted octanol–water partition coefficient (Wildman–Crippen LogP) is 2.81. The van der Waals surface area contributed by atoms with Gasteiger partial charge in [-0.05, 0) is 24.0 Å². The van der Waals surface area contributed by atoms with Crippen LogP contribution in [0, 0.1) is 11.3 Å². The lowest BCUT2D eigenvalue weighted by Crippen LogP contribution is -1.93. The van der Waals surface area contributed by atoms with Crippen LogP contribution in [0.3, 0.4) is 0 Å². The summed E-state index contributed by atoms with van der Waals surface area (Å²) >= 11 is 0. The van der Waals surface area contributed by atoms with Crippen molar-refractivity contribution in [2.45, 2.75) is 25.2 Å². The highest BCUT2D eigenvalue weighted by atomic mass is 16.5. The van der Waals surface area contributed by atoms with Gasteiger partial charge in [-0.25, -0.2) is 0 Å². The molecule has 2 rings (SSSR count). The monoisotopic (exact) mass is 187 g/mol. The molecule has 0 fully saturated rings. The summed E-state index contributed by atoms with van der Waals surface area (Å²) in [5.41, 5.74) is 2.38. The summed E-state index contributed by atoms with van der Waals surface area (Å²) in [6, 6.07) is 8.31. The first-order valence-electron chi connectivity index (χ1n) is 4.84. The highest BCUT2D eigenvalue weighted by Gasteiger charge is 2.30. The number of hydrogen-bond acceptors (Lipinski definition) is 2. The number of ether oxygens (including phenoxy) is 1. The Morgan fingerprint density at radius 3 is 2.93 bits per heavy atom. The molecule has 0 bridgehead atoms. The molecule has 2 heteroatoms. The van der Waals surface area contributed by atoms with Crippen LogP contribution < -0.4 is 4.74 Å². The molecule has 0 spiro atoms. The molecule has 14 heavy (non-hydrogen) atoms. The van der Waals surface area contributed by atoms with E-state index in [2.05, 4.69) is 13.0 Å². The maximum atomic E-state index is 9.00. The van der Waals surface area contributed by atoms with Gasteiger partial charge in [-0.3, -0.25) is 0 Å². The van der Waals surface area contributed by atoms with Gasteiger partial charge in [0.05, 0.1) is 19.1 Å². The van der Waals surface area contributed by atoms with Gasteiger partial charge in [-0.15, -0.1) is 0 Å². The van der Waals surface area contributed by atoms with Crippen LogP contribution in [0.1, 0.15) is 36.3 Å². The van der Waals surface area contributed by atoms with E-state index >= 15 is 0 Å². The Kier molecular flexibility index (Phi) is 2.17. The Hall–Kier alpha value is -1.49. The zero-order chi connectivity index (χ0) is 10.1. The minimum atomic E-state index is 0.0510. The molecule has 0 radical (unpaired) electrons. The normalized spacial score (nSPS) is 24.1. The van der Waals surface area contributed by atoms with Crippen LogP contribution in [-0.2, 0) is 0 Å². The van der Waals surface area contributed by atoms with Crippen molar-refractivity contribution < 1.29 is 4.74 Å². The SMILES string of the molecule is COc1cccc2c1C(C)CC2C#N. The summed E-state index contributed by atoms with van der Waals surface area (Å²) in [6.07, 6.45) is 0.923. The molecular weight excluding hydrogens is 174 g/mol. The second-order valence-electron chi connectivity index (χ2n) is 3.78. The second-order valence-corrected chi connectivity index (χ2v) is 3.78. The zero-order valence-electron chi connectivity index (χ0n) is 8.45. The number of fused-ring (bicyclic) bond motifs is 1. The Morgan fingerprint density at radius 2 is 2.29 bits per heavy atom. The largest absolute Gasteiger partial charge is 0.496 e. The van der Waals surface area contributed by atoms with Crippen LogP contribution >= 0.6 is 0 Å². The van der Waals surface area contributed by atoms with E-state index in [4.69, 9.17) is 10.00 Å². The molecule has 0 saturated heterocycles. The van der Waals surface area contributed by atoms with Gasteiger partial charge >= 0.3 is 0 Å². The summed E-state index contributed by atoms with van der Waals surface area (Å²) in [5, 5.41) is 9.00. The number of methoxy groups -OCH3 is 1. The third-order valence-corrected chi connectivity index (χ3v) is 2.93. The number of hydrogen-bond donors (Lipinski definition) is 0. The molecule has 0 heterocycles. The lowest BCUT2D eigenvalue weighted by molar-refractivity contribution is 0.407. The molecule has 2 unspecified atom stereocenters. The quantitative estimate of drug-likeness (QED) is 0.677. The third kappa shape index (κ3) is 1.17. The fourth-order valence-corrected chi connectivity index (χ4v) is 2.29. The Labute approximate surface area is 84.1 Å². The molecular formula is C12H13NO. The first kappa shape index (κ1) is 9.08. The van der Waals surface area contributed by atoms with E-state index in [1.807, 2.05) is 18.2 Å². The van der Waals surface area contributed by atoms with Crippen molar-refractivity contribution in [3.8, 4) is 11.8 Å². The van der Waals surface area contributed by atoms with Gasteiger partial charge < -0.3 is 4.74 Å². The van der Waals surface area contributed by atoms with E-state index < -0.39 is 0 Å². The summed E-state index contributed by atoms with van der Waals surface area (Å²) in [7, 11) is 1.68. The molecule has 0 N–H and O–H groups in total. The van der Waals surface area contributed by atoms with Gasteiger partial charge in [0.1, 0.15) is 5.75 Å². The molecule has 1 aromatic carbocycles. The van der Waals surface area contributed by atoms with Gasteiger partial charge in [0, 0.05) is 5.56 Å². The Morgan fingerprint density at radius 1 is 1.50 bits per heavy atom. The lowest BCUT2D eigenvalue weighted by Gasteiger charge is -2.10. The summed E-state index contributed by atoms with van der Waals surface area (Å²) in [5.74, 6) is 1.41. The van der Waals surface area contributed by atoms with Crippen molar-refractivity contribution in [2.24, 2.45) is 0 Å². The predicted molar refractivity (Wildman–Crippen MR) is 54.4 cm³/mol. The van der Waals surface area contributed by atoms with Crippen LogP contribution in [0.5, 0.6) is 5.75 Å². The smallest absolute Gasteiger partial charge is 0.122 e. The van der Waals surface area contributed by atoms with E-state index in [9.17, 15) is 0 Å². The number of nitrogens with zero attached hydrogens (tertiary/aromatic N) is 1. The van der Waals surface area contributed by atoms with Gasteiger partial charge in [-0.2, -0.15) is 5.26 Å². The molecule has 2 nitrogen and oxygen atoms in total. The molecule has 1 aliphatic carbocycles. The third-order valence-electron chi connectivity index (χ3n) is 2.93. The van der Waals surface area contributed by atoms with E-state index in [1.54, 1.807) is 7.11 Å². The first-order valence-corrected chi connectivity index (χ1v) is 4.84. The molecule has 1 aliphatic rings. The summed E-state index contributed by atoms with van der Waals surface area (Å²) < 4.78 is 5.31. The number of benzene rings is 1. The molecule has 0 aromatic heterocycles. The van der Waals surface area contributed by atoms with Crippen molar-refractivity contribution in [2.75, 3.05) is 7.11 Å². The van der Waals surface area contributed by atoms with Crippen molar-refractivity contribution in [3.05, 3.63) is 29.3 Å². The van der Waals surface area contributed by atoms with E-state index in [0.717, 1.165) is 17.7 Å². The Balaban J connectivity index is 2.56. The van der Waals surface area contributed by atoms with Crippen LogP contribution in [0.4, 0.5) is 0 Å². The highest BCUT2D eigenvalue weighted by Crippen LogP contribution is 2.45. The fourth-order valence-electron chi connectivity index (χ4n) is 2.29. The molecule has 0 amide bonds. The van der Waals surface area contributed by atoms with Crippen LogP contribution in [0.25, 0.3) is 0 Å². The fraction of sp³-hybridized carbons (Fsp3) is 0.417. The second kappa shape index (κ2) is 3.34. The summed E-state index contributed by atoms with van der Waals surface area (Å²) in [4.78, 5) is 0. The minimum Gasteiger partial charge on any atom is -0.496 e. The van der Waals surface area contributed by atoms with Crippen molar-refractivity contribution in [1.82, 2.24) is 0 Å². The average Bonchev–Trinajstić information content (AvgIpc) is 2.55. The maximum absolute atomic E-state index is 9.00. The highest BCUT2D eigenvalue weighted by molar-refractivity contribution is 5.49.